The van der Waals surface area contributed by atoms with E-state index in [9.17, 15) is 18.4 Å². The SMILES string of the molecule is [C-]#[N+]c1cc(C(F)(F)F)ccc1-c1ccc(N2c3c(C)c(C)c(C)c(C)c3Cc3c(C)c(C)c(C)c(C)c32)c(C#N)c1N1c2c(C)c(C)c(C)c(C)c2Cc2c(C)c(C)c(C)c(C)c21. The number of benzene rings is 6. The molecule has 0 amide bonds. The molecule has 326 valence electrons. The normalized spacial score (nSPS) is 13.0. The molecule has 6 aromatic carbocycles. The van der Waals surface area contributed by atoms with E-state index in [-0.39, 0.29) is 5.69 Å². The highest BCUT2D eigenvalue weighted by Gasteiger charge is 2.39. The third-order valence-corrected chi connectivity index (χ3v) is 16.2. The first-order valence-electron chi connectivity index (χ1n) is 22.1. The van der Waals surface area contributed by atoms with Crippen molar-refractivity contribution in [3.05, 3.63) is 164 Å². The second-order valence-electron chi connectivity index (χ2n) is 18.6. The number of halogens is 3. The average Bonchev–Trinajstić information content (AvgIpc) is 3.28. The van der Waals surface area contributed by atoms with E-state index in [0.717, 1.165) is 85.8 Å². The van der Waals surface area contributed by atoms with Crippen molar-refractivity contribution in [1.82, 2.24) is 0 Å². The summed E-state index contributed by atoms with van der Waals surface area (Å²) in [6, 6.07) is 10.1. The van der Waals surface area contributed by atoms with Crippen LogP contribution in [0.5, 0.6) is 0 Å². The van der Waals surface area contributed by atoms with Gasteiger partial charge in [0.2, 0.25) is 0 Å². The molecule has 2 heterocycles. The highest BCUT2D eigenvalue weighted by Crippen LogP contribution is 2.59. The number of alkyl halides is 3. The Labute approximate surface area is 377 Å². The second kappa shape index (κ2) is 15.2. The van der Waals surface area contributed by atoms with E-state index in [2.05, 4.69) is 131 Å². The number of hydrogen-bond acceptors (Lipinski definition) is 3. The highest BCUT2D eigenvalue weighted by atomic mass is 19.4. The lowest BCUT2D eigenvalue weighted by Crippen LogP contribution is -2.28. The van der Waals surface area contributed by atoms with Crippen LogP contribution >= 0.6 is 0 Å². The summed E-state index contributed by atoms with van der Waals surface area (Å²) >= 11 is 0. The van der Waals surface area contributed by atoms with Crippen molar-refractivity contribution in [3.63, 3.8) is 0 Å². The monoisotopic (exact) mass is 854 g/mol. The molecule has 0 unspecified atom stereocenters. The fourth-order valence-corrected chi connectivity index (χ4v) is 11.0. The summed E-state index contributed by atoms with van der Waals surface area (Å²) in [6.07, 6.45) is -3.21. The zero-order valence-electron chi connectivity index (χ0n) is 40.2. The zero-order chi connectivity index (χ0) is 46.9. The van der Waals surface area contributed by atoms with Crippen molar-refractivity contribution in [1.29, 1.82) is 5.26 Å². The molecule has 0 fully saturated rings. The van der Waals surface area contributed by atoms with Gasteiger partial charge < -0.3 is 9.80 Å². The minimum absolute atomic E-state index is 0.130. The molecule has 7 heteroatoms. The Morgan fingerprint density at radius 2 is 0.812 bits per heavy atom. The van der Waals surface area contributed by atoms with Crippen molar-refractivity contribution >= 4 is 39.8 Å². The summed E-state index contributed by atoms with van der Waals surface area (Å²) in [5, 5.41) is 12.1. The van der Waals surface area contributed by atoms with Crippen LogP contribution in [-0.2, 0) is 19.0 Å². The molecule has 0 saturated carbocycles. The zero-order valence-corrected chi connectivity index (χ0v) is 40.2. The molecule has 0 radical (unpaired) electrons. The molecule has 0 atom stereocenters. The smallest absolute Gasteiger partial charge is 0.308 e. The maximum atomic E-state index is 14.3. The lowest BCUT2D eigenvalue weighted by atomic mass is 9.79. The molecule has 2 aliphatic heterocycles. The van der Waals surface area contributed by atoms with Gasteiger partial charge in [0.15, 0.2) is 5.69 Å². The Hall–Kier alpha value is -6.31. The Balaban J connectivity index is 1.64. The first kappa shape index (κ1) is 44.3. The van der Waals surface area contributed by atoms with Crippen LogP contribution in [0.4, 0.5) is 53.0 Å². The van der Waals surface area contributed by atoms with E-state index in [0.29, 0.717) is 34.5 Å². The van der Waals surface area contributed by atoms with Crippen molar-refractivity contribution < 1.29 is 13.2 Å². The summed E-state index contributed by atoms with van der Waals surface area (Å²) in [6.45, 7) is 43.1. The maximum Gasteiger partial charge on any atom is 0.415 e. The lowest BCUT2D eigenvalue weighted by molar-refractivity contribution is -0.137. The predicted octanol–water partition coefficient (Wildman–Crippen LogP) is 16.5. The quantitative estimate of drug-likeness (QED) is 0.166. The molecule has 4 nitrogen and oxygen atoms in total. The molecule has 64 heavy (non-hydrogen) atoms. The average molecular weight is 855 g/mol. The molecular weight excluding hydrogens is 798 g/mol. The van der Waals surface area contributed by atoms with E-state index >= 15 is 0 Å². The van der Waals surface area contributed by atoms with Crippen LogP contribution in [0.3, 0.4) is 0 Å². The summed E-state index contributed by atoms with van der Waals surface area (Å²) in [5.41, 5.74) is 29.0. The van der Waals surface area contributed by atoms with Crippen LogP contribution < -0.4 is 9.80 Å². The molecule has 0 spiro atoms. The number of nitriles is 1. The highest BCUT2D eigenvalue weighted by molar-refractivity contribution is 6.03. The number of hydrogen-bond donors (Lipinski definition) is 0. The number of nitrogens with zero attached hydrogens (tertiary/aromatic N) is 4. The minimum atomic E-state index is -4.64. The maximum absolute atomic E-state index is 14.3. The van der Waals surface area contributed by atoms with Crippen LogP contribution in [0.25, 0.3) is 16.0 Å². The van der Waals surface area contributed by atoms with Gasteiger partial charge in [-0.1, -0.05) is 18.2 Å². The molecule has 8 rings (SSSR count). The molecule has 0 saturated heterocycles. The summed E-state index contributed by atoms with van der Waals surface area (Å²) in [7, 11) is 0. The Morgan fingerprint density at radius 1 is 0.469 bits per heavy atom. The first-order chi connectivity index (χ1) is 30.0. The van der Waals surface area contributed by atoms with E-state index in [4.69, 9.17) is 6.57 Å². The van der Waals surface area contributed by atoms with E-state index in [1.165, 1.54) is 72.8 Å². The number of rotatable bonds is 3. The number of anilines is 6. The molecule has 0 aromatic heterocycles. The summed E-state index contributed by atoms with van der Waals surface area (Å²) in [5.74, 6) is 0. The molecule has 2 aliphatic rings. The van der Waals surface area contributed by atoms with Crippen LogP contribution in [0.1, 0.15) is 122 Å². The van der Waals surface area contributed by atoms with Crippen molar-refractivity contribution in [2.24, 2.45) is 0 Å². The van der Waals surface area contributed by atoms with Gasteiger partial charge in [-0.25, -0.2) is 4.85 Å². The molecule has 0 bridgehead atoms. The lowest BCUT2D eigenvalue weighted by Gasteiger charge is -2.43. The van der Waals surface area contributed by atoms with E-state index in [1.807, 2.05) is 12.1 Å². The third kappa shape index (κ3) is 6.07. The van der Waals surface area contributed by atoms with Crippen molar-refractivity contribution in [2.75, 3.05) is 9.80 Å². The molecule has 0 N–H and O–H groups in total. The Morgan fingerprint density at radius 3 is 1.16 bits per heavy atom. The Bertz CT molecular complexity index is 3050. The first-order valence-corrected chi connectivity index (χ1v) is 22.1. The van der Waals surface area contributed by atoms with Crippen LogP contribution in [0, 0.1) is 129 Å². The topological polar surface area (TPSA) is 34.6 Å². The van der Waals surface area contributed by atoms with Crippen molar-refractivity contribution in [3.8, 4) is 17.2 Å². The van der Waals surface area contributed by atoms with Crippen LogP contribution in [0.15, 0.2) is 30.3 Å². The number of fused-ring (bicyclic) bond motifs is 4. The van der Waals surface area contributed by atoms with Crippen molar-refractivity contribution in [2.45, 2.75) is 130 Å². The van der Waals surface area contributed by atoms with E-state index in [1.54, 1.807) is 0 Å². The van der Waals surface area contributed by atoms with Gasteiger partial charge in [-0.05, 0) is 245 Å². The van der Waals surface area contributed by atoms with Gasteiger partial charge in [0.1, 0.15) is 11.6 Å². The van der Waals surface area contributed by atoms with Gasteiger partial charge in [0.25, 0.3) is 0 Å². The van der Waals surface area contributed by atoms with Gasteiger partial charge in [0.05, 0.1) is 40.7 Å². The molecule has 0 aliphatic carbocycles. The summed E-state index contributed by atoms with van der Waals surface area (Å²) in [4.78, 5) is 8.35. The second-order valence-corrected chi connectivity index (χ2v) is 18.6. The van der Waals surface area contributed by atoms with Crippen LogP contribution in [0.2, 0.25) is 0 Å². The molecule has 6 aromatic rings. The minimum Gasteiger partial charge on any atom is -0.308 e. The standard InChI is InChI=1S/C57H57F3N4/c1-26-30(5)38(13)52-45(34(26)9)23-46-35(10)27(2)31(6)39(14)53(46)63(52)51-21-20-44(43-19-18-42(57(58,59)60)22-50(43)62-17)56(49(51)25-61)64-54-40(15)32(7)28(3)36(11)47(54)24-48-37(12)29(4)33(8)41(16)55(48)64/h18-22H,23-24H2,1-16H3. The molecular formula is C57H57F3N4. The summed E-state index contributed by atoms with van der Waals surface area (Å²) < 4.78 is 43.0. The van der Waals surface area contributed by atoms with E-state index < -0.39 is 11.7 Å². The fourth-order valence-electron chi connectivity index (χ4n) is 11.0. The fraction of sp³-hybridized carbons (Fsp3) is 0.333. The predicted molar refractivity (Wildman–Crippen MR) is 259 cm³/mol. The van der Waals surface area contributed by atoms with Gasteiger partial charge in [0, 0.05) is 18.4 Å². The van der Waals surface area contributed by atoms with Gasteiger partial charge in [-0.15, -0.1) is 0 Å². The van der Waals surface area contributed by atoms with Gasteiger partial charge >= 0.3 is 6.18 Å². The third-order valence-electron chi connectivity index (χ3n) is 16.2. The largest absolute Gasteiger partial charge is 0.415 e. The van der Waals surface area contributed by atoms with Gasteiger partial charge in [-0.3, -0.25) is 0 Å². The van der Waals surface area contributed by atoms with Gasteiger partial charge in [-0.2, -0.15) is 18.4 Å². The van der Waals surface area contributed by atoms with Crippen LogP contribution in [-0.4, -0.2) is 0 Å². The Kier molecular flexibility index (Phi) is 10.5.